The molecule has 110 valence electrons. The summed E-state index contributed by atoms with van der Waals surface area (Å²) in [6.45, 7) is 11.0. The van der Waals surface area contributed by atoms with Gasteiger partial charge in [-0.2, -0.15) is 0 Å². The molecule has 2 aliphatic carbocycles. The number of hydrogen-bond acceptors (Lipinski definition) is 2. The second-order valence-corrected chi connectivity index (χ2v) is 7.54. The topological polar surface area (TPSA) is 26.3 Å². The van der Waals surface area contributed by atoms with Crippen molar-refractivity contribution in [2.45, 2.75) is 72.8 Å². The normalized spacial score (nSPS) is 42.8. The van der Waals surface area contributed by atoms with Crippen LogP contribution in [0.5, 0.6) is 0 Å². The first-order valence-corrected chi connectivity index (χ1v) is 8.01. The Morgan fingerprint density at radius 2 is 1.95 bits per heavy atom. The molecule has 19 heavy (non-hydrogen) atoms. The summed E-state index contributed by atoms with van der Waals surface area (Å²) in [7, 11) is 0. The summed E-state index contributed by atoms with van der Waals surface area (Å²) in [4.78, 5) is 11.4. The molecule has 5 atom stereocenters. The molecule has 0 amide bonds. The van der Waals surface area contributed by atoms with Gasteiger partial charge in [-0.25, -0.2) is 0 Å². The first kappa shape index (κ1) is 14.9. The van der Waals surface area contributed by atoms with Crippen LogP contribution in [-0.4, -0.2) is 12.1 Å². The Kier molecular flexibility index (Phi) is 4.27. The Bertz CT molecular complexity index is 336. The van der Waals surface area contributed by atoms with Crippen molar-refractivity contribution in [2.75, 3.05) is 0 Å². The van der Waals surface area contributed by atoms with E-state index in [4.69, 9.17) is 4.74 Å². The number of carbonyl (C=O) groups excluding carboxylic acids is 1. The molecule has 2 rings (SSSR count). The van der Waals surface area contributed by atoms with E-state index in [1.807, 2.05) is 0 Å². The van der Waals surface area contributed by atoms with Crippen LogP contribution in [0.3, 0.4) is 0 Å². The third-order valence-electron chi connectivity index (χ3n) is 6.02. The third-order valence-corrected chi connectivity index (χ3v) is 6.02. The number of hydrogen-bond donors (Lipinski definition) is 0. The maximum Gasteiger partial charge on any atom is 0.302 e. The smallest absolute Gasteiger partial charge is 0.302 e. The van der Waals surface area contributed by atoms with Crippen molar-refractivity contribution in [2.24, 2.45) is 29.1 Å². The lowest BCUT2D eigenvalue weighted by Gasteiger charge is -2.54. The molecule has 2 nitrogen and oxygen atoms in total. The summed E-state index contributed by atoms with van der Waals surface area (Å²) in [5.74, 6) is 3.04. The Hall–Kier alpha value is -0.530. The van der Waals surface area contributed by atoms with Gasteiger partial charge in [0, 0.05) is 12.3 Å². The monoisotopic (exact) mass is 266 g/mol. The zero-order valence-electron chi connectivity index (χ0n) is 13.2. The van der Waals surface area contributed by atoms with Crippen LogP contribution >= 0.6 is 0 Å². The number of esters is 1. The average Bonchev–Trinajstić information content (AvgIpc) is 2.32. The molecule has 0 saturated heterocycles. The van der Waals surface area contributed by atoms with E-state index in [1.54, 1.807) is 6.92 Å². The van der Waals surface area contributed by atoms with Gasteiger partial charge >= 0.3 is 5.97 Å². The summed E-state index contributed by atoms with van der Waals surface area (Å²) in [5.41, 5.74) is 0.217. The number of ether oxygens (including phenoxy) is 1. The van der Waals surface area contributed by atoms with Crippen LogP contribution in [0, 0.1) is 29.1 Å². The first-order chi connectivity index (χ1) is 8.84. The van der Waals surface area contributed by atoms with E-state index in [1.165, 1.54) is 25.7 Å². The molecule has 0 aromatic heterocycles. The summed E-state index contributed by atoms with van der Waals surface area (Å²) >= 11 is 0. The van der Waals surface area contributed by atoms with Gasteiger partial charge in [0.2, 0.25) is 0 Å². The lowest BCUT2D eigenvalue weighted by atomic mass is 9.53. The Morgan fingerprint density at radius 1 is 1.26 bits per heavy atom. The standard InChI is InChI=1S/C17H30O2/c1-11(2)14-8-9-17(5)15(10-14)12(3)6-7-16(17)19-13(4)18/h11-12,14-16H,6-10H2,1-5H3/t12-,14+,15-,16?,17+/m0/s1. The van der Waals surface area contributed by atoms with Crippen molar-refractivity contribution in [3.05, 3.63) is 0 Å². The average molecular weight is 266 g/mol. The van der Waals surface area contributed by atoms with Gasteiger partial charge in [0.05, 0.1) is 0 Å². The minimum atomic E-state index is -0.106. The zero-order chi connectivity index (χ0) is 14.2. The van der Waals surface area contributed by atoms with Crippen molar-refractivity contribution >= 4 is 5.97 Å². The molecule has 0 radical (unpaired) electrons. The van der Waals surface area contributed by atoms with Crippen molar-refractivity contribution < 1.29 is 9.53 Å². The molecule has 0 aromatic carbocycles. The molecule has 2 saturated carbocycles. The van der Waals surface area contributed by atoms with E-state index in [0.717, 1.165) is 30.1 Å². The maximum absolute atomic E-state index is 11.4. The molecule has 2 heteroatoms. The minimum Gasteiger partial charge on any atom is -0.462 e. The molecule has 2 aliphatic rings. The van der Waals surface area contributed by atoms with Crippen LogP contribution in [0.4, 0.5) is 0 Å². The van der Waals surface area contributed by atoms with Gasteiger partial charge < -0.3 is 4.74 Å². The quantitative estimate of drug-likeness (QED) is 0.691. The van der Waals surface area contributed by atoms with Crippen molar-refractivity contribution in [1.29, 1.82) is 0 Å². The summed E-state index contributed by atoms with van der Waals surface area (Å²) in [6, 6.07) is 0. The molecule has 0 bridgehead atoms. The first-order valence-electron chi connectivity index (χ1n) is 8.01. The SMILES string of the molecule is CC(=O)OC1CC[C@H](C)[C@@H]2C[C@H](C(C)C)CC[C@@]12C. The highest BCUT2D eigenvalue weighted by atomic mass is 16.5. The van der Waals surface area contributed by atoms with E-state index in [2.05, 4.69) is 27.7 Å². The maximum atomic E-state index is 11.4. The summed E-state index contributed by atoms with van der Waals surface area (Å²) in [6.07, 6.45) is 6.27. The fraction of sp³-hybridized carbons (Fsp3) is 0.941. The summed E-state index contributed by atoms with van der Waals surface area (Å²) < 4.78 is 5.67. The molecular weight excluding hydrogens is 236 g/mol. The van der Waals surface area contributed by atoms with Crippen LogP contribution in [0.25, 0.3) is 0 Å². The molecule has 2 fully saturated rings. The Balaban J connectivity index is 2.17. The number of carbonyl (C=O) groups is 1. The van der Waals surface area contributed by atoms with Crippen LogP contribution in [0.1, 0.15) is 66.7 Å². The Labute approximate surface area is 118 Å². The summed E-state index contributed by atoms with van der Waals surface area (Å²) in [5, 5.41) is 0. The molecule has 0 heterocycles. The van der Waals surface area contributed by atoms with Gasteiger partial charge in [-0.1, -0.05) is 27.7 Å². The second kappa shape index (κ2) is 5.46. The van der Waals surface area contributed by atoms with Crippen LogP contribution in [0.15, 0.2) is 0 Å². The van der Waals surface area contributed by atoms with E-state index >= 15 is 0 Å². The second-order valence-electron chi connectivity index (χ2n) is 7.54. The fourth-order valence-electron chi connectivity index (χ4n) is 4.62. The number of fused-ring (bicyclic) bond motifs is 1. The van der Waals surface area contributed by atoms with Crippen molar-refractivity contribution in [3.63, 3.8) is 0 Å². The highest BCUT2D eigenvalue weighted by molar-refractivity contribution is 5.66. The molecule has 0 spiro atoms. The number of rotatable bonds is 2. The van der Waals surface area contributed by atoms with Gasteiger partial charge in [-0.05, 0) is 55.8 Å². The van der Waals surface area contributed by atoms with Crippen LogP contribution < -0.4 is 0 Å². The fourth-order valence-corrected chi connectivity index (χ4v) is 4.62. The molecule has 0 aromatic rings. The predicted molar refractivity (Wildman–Crippen MR) is 77.7 cm³/mol. The van der Waals surface area contributed by atoms with Gasteiger partial charge in [-0.3, -0.25) is 4.79 Å². The van der Waals surface area contributed by atoms with Gasteiger partial charge in [0.15, 0.2) is 0 Å². The molecular formula is C17H30O2. The van der Waals surface area contributed by atoms with E-state index in [0.29, 0.717) is 0 Å². The minimum absolute atomic E-state index is 0.106. The van der Waals surface area contributed by atoms with E-state index < -0.39 is 0 Å². The van der Waals surface area contributed by atoms with Crippen LogP contribution in [0.2, 0.25) is 0 Å². The van der Waals surface area contributed by atoms with Crippen molar-refractivity contribution in [1.82, 2.24) is 0 Å². The van der Waals surface area contributed by atoms with E-state index in [9.17, 15) is 4.79 Å². The van der Waals surface area contributed by atoms with Gasteiger partial charge in [0.25, 0.3) is 0 Å². The zero-order valence-corrected chi connectivity index (χ0v) is 13.2. The molecule has 0 aliphatic heterocycles. The van der Waals surface area contributed by atoms with Gasteiger partial charge in [0.1, 0.15) is 6.10 Å². The predicted octanol–water partition coefficient (Wildman–Crippen LogP) is 4.43. The third kappa shape index (κ3) is 2.83. The lowest BCUT2D eigenvalue weighted by Crippen LogP contribution is -2.51. The Morgan fingerprint density at radius 3 is 2.53 bits per heavy atom. The largest absolute Gasteiger partial charge is 0.462 e. The molecule has 0 N–H and O–H groups in total. The van der Waals surface area contributed by atoms with Gasteiger partial charge in [-0.15, -0.1) is 0 Å². The van der Waals surface area contributed by atoms with E-state index in [-0.39, 0.29) is 17.5 Å². The lowest BCUT2D eigenvalue weighted by molar-refractivity contribution is -0.169. The van der Waals surface area contributed by atoms with Crippen molar-refractivity contribution in [3.8, 4) is 0 Å². The highest BCUT2D eigenvalue weighted by Gasteiger charge is 2.51. The van der Waals surface area contributed by atoms with Crippen LogP contribution in [-0.2, 0) is 9.53 Å². The highest BCUT2D eigenvalue weighted by Crippen LogP contribution is 2.55. The molecule has 1 unspecified atom stereocenters.